The first-order valence-electron chi connectivity index (χ1n) is 7.94. The van der Waals surface area contributed by atoms with Gasteiger partial charge >= 0.3 is 5.69 Å². The first kappa shape index (κ1) is 16.0. The SMILES string of the molecule is Cc1cc(C)cc(Cn2c(=O)ccn(Cc3ccccc3)c2=O)c1. The van der Waals surface area contributed by atoms with Crippen LogP contribution in [0.3, 0.4) is 0 Å². The largest absolute Gasteiger partial charge is 0.331 e. The van der Waals surface area contributed by atoms with Gasteiger partial charge in [-0.15, -0.1) is 0 Å². The van der Waals surface area contributed by atoms with Crippen LogP contribution < -0.4 is 11.2 Å². The van der Waals surface area contributed by atoms with Gasteiger partial charge in [0, 0.05) is 12.3 Å². The molecule has 4 nitrogen and oxygen atoms in total. The fraction of sp³-hybridized carbons (Fsp3) is 0.200. The average Bonchev–Trinajstić information content (AvgIpc) is 2.54. The van der Waals surface area contributed by atoms with E-state index in [1.54, 1.807) is 10.8 Å². The van der Waals surface area contributed by atoms with Crippen molar-refractivity contribution < 1.29 is 0 Å². The van der Waals surface area contributed by atoms with Crippen LogP contribution in [0.15, 0.2) is 70.4 Å². The molecule has 0 fully saturated rings. The number of hydrogen-bond acceptors (Lipinski definition) is 2. The third-order valence-corrected chi connectivity index (χ3v) is 3.96. The smallest absolute Gasteiger partial charge is 0.296 e. The van der Waals surface area contributed by atoms with Crippen LogP contribution in [0.4, 0.5) is 0 Å². The number of aromatic nitrogens is 2. The highest BCUT2D eigenvalue weighted by Crippen LogP contribution is 2.09. The Morgan fingerprint density at radius 2 is 1.46 bits per heavy atom. The molecule has 0 aliphatic heterocycles. The number of benzene rings is 2. The van der Waals surface area contributed by atoms with Gasteiger partial charge in [0.25, 0.3) is 5.56 Å². The van der Waals surface area contributed by atoms with Gasteiger partial charge in [-0.1, -0.05) is 59.7 Å². The lowest BCUT2D eigenvalue weighted by Gasteiger charge is -2.11. The summed E-state index contributed by atoms with van der Waals surface area (Å²) in [5.74, 6) is 0. The maximum Gasteiger partial charge on any atom is 0.331 e. The van der Waals surface area contributed by atoms with Gasteiger partial charge in [0.2, 0.25) is 0 Å². The Morgan fingerprint density at radius 1 is 0.792 bits per heavy atom. The van der Waals surface area contributed by atoms with E-state index in [-0.39, 0.29) is 17.8 Å². The molecule has 3 aromatic rings. The number of aryl methyl sites for hydroxylation is 2. The van der Waals surface area contributed by atoms with Crippen molar-refractivity contribution in [3.8, 4) is 0 Å². The standard InChI is InChI=1S/C20H20N2O2/c1-15-10-16(2)12-18(11-15)14-22-19(23)8-9-21(20(22)24)13-17-6-4-3-5-7-17/h3-12H,13-14H2,1-2H3. The van der Waals surface area contributed by atoms with Crippen LogP contribution in [0.1, 0.15) is 22.3 Å². The lowest BCUT2D eigenvalue weighted by Crippen LogP contribution is -2.39. The topological polar surface area (TPSA) is 44.0 Å². The molecule has 0 unspecified atom stereocenters. The monoisotopic (exact) mass is 320 g/mol. The molecule has 0 amide bonds. The predicted octanol–water partition coefficient (Wildman–Crippen LogP) is 2.72. The molecule has 0 saturated heterocycles. The van der Waals surface area contributed by atoms with E-state index in [1.807, 2.05) is 56.3 Å². The molecule has 0 aliphatic rings. The van der Waals surface area contributed by atoms with Gasteiger partial charge in [-0.3, -0.25) is 13.9 Å². The fourth-order valence-corrected chi connectivity index (χ4v) is 2.95. The molecule has 1 aromatic heterocycles. The highest BCUT2D eigenvalue weighted by atomic mass is 16.2. The third-order valence-electron chi connectivity index (χ3n) is 3.96. The second kappa shape index (κ2) is 6.71. The Labute approximate surface area is 140 Å². The van der Waals surface area contributed by atoms with Crippen LogP contribution in [-0.4, -0.2) is 9.13 Å². The molecular weight excluding hydrogens is 300 g/mol. The van der Waals surface area contributed by atoms with Crippen molar-refractivity contribution in [1.82, 2.24) is 9.13 Å². The van der Waals surface area contributed by atoms with Gasteiger partial charge in [-0.25, -0.2) is 4.79 Å². The second-order valence-electron chi connectivity index (χ2n) is 6.13. The molecule has 0 spiro atoms. The molecule has 122 valence electrons. The molecule has 2 aromatic carbocycles. The van der Waals surface area contributed by atoms with Gasteiger partial charge in [0.05, 0.1) is 13.1 Å². The normalized spacial score (nSPS) is 10.8. The molecule has 0 N–H and O–H groups in total. The van der Waals surface area contributed by atoms with Crippen molar-refractivity contribution in [3.05, 3.63) is 104 Å². The Hall–Kier alpha value is -2.88. The van der Waals surface area contributed by atoms with Crippen LogP contribution in [-0.2, 0) is 13.1 Å². The van der Waals surface area contributed by atoms with Crippen LogP contribution in [0.2, 0.25) is 0 Å². The van der Waals surface area contributed by atoms with Crippen molar-refractivity contribution in [3.63, 3.8) is 0 Å². The molecule has 0 radical (unpaired) electrons. The zero-order valence-corrected chi connectivity index (χ0v) is 13.9. The third kappa shape index (κ3) is 3.54. The zero-order valence-electron chi connectivity index (χ0n) is 13.9. The van der Waals surface area contributed by atoms with Gasteiger partial charge in [0.15, 0.2) is 0 Å². The van der Waals surface area contributed by atoms with Gasteiger partial charge in [-0.2, -0.15) is 0 Å². The lowest BCUT2D eigenvalue weighted by atomic mass is 10.1. The van der Waals surface area contributed by atoms with Gasteiger partial charge in [-0.05, 0) is 25.0 Å². The summed E-state index contributed by atoms with van der Waals surface area (Å²) in [5.41, 5.74) is 3.67. The van der Waals surface area contributed by atoms with Gasteiger partial charge in [0.1, 0.15) is 0 Å². The van der Waals surface area contributed by atoms with Gasteiger partial charge < -0.3 is 0 Å². The molecule has 0 saturated carbocycles. The first-order valence-corrected chi connectivity index (χ1v) is 7.94. The van der Waals surface area contributed by atoms with Crippen LogP contribution in [0, 0.1) is 13.8 Å². The lowest BCUT2D eigenvalue weighted by molar-refractivity contribution is 0.612. The van der Waals surface area contributed by atoms with E-state index in [0.29, 0.717) is 6.54 Å². The first-order chi connectivity index (χ1) is 11.5. The molecule has 1 heterocycles. The van der Waals surface area contributed by atoms with E-state index in [4.69, 9.17) is 0 Å². The van der Waals surface area contributed by atoms with Crippen molar-refractivity contribution in [1.29, 1.82) is 0 Å². The Morgan fingerprint density at radius 3 is 2.12 bits per heavy atom. The van der Waals surface area contributed by atoms with Crippen molar-refractivity contribution in [2.75, 3.05) is 0 Å². The Bertz CT molecular complexity index is 949. The number of nitrogens with zero attached hydrogens (tertiary/aromatic N) is 2. The van der Waals surface area contributed by atoms with E-state index < -0.39 is 0 Å². The minimum absolute atomic E-state index is 0.275. The minimum atomic E-state index is -0.287. The summed E-state index contributed by atoms with van der Waals surface area (Å²) in [6.45, 7) is 4.76. The summed E-state index contributed by atoms with van der Waals surface area (Å²) in [5, 5.41) is 0. The Balaban J connectivity index is 1.97. The van der Waals surface area contributed by atoms with E-state index in [0.717, 1.165) is 22.3 Å². The zero-order chi connectivity index (χ0) is 17.1. The van der Waals surface area contributed by atoms with E-state index in [1.165, 1.54) is 10.6 Å². The van der Waals surface area contributed by atoms with Crippen LogP contribution >= 0.6 is 0 Å². The fourth-order valence-electron chi connectivity index (χ4n) is 2.95. The number of rotatable bonds is 4. The van der Waals surface area contributed by atoms with E-state index in [9.17, 15) is 9.59 Å². The molecular formula is C20H20N2O2. The summed E-state index contributed by atoms with van der Waals surface area (Å²) in [6.07, 6.45) is 1.57. The molecule has 24 heavy (non-hydrogen) atoms. The van der Waals surface area contributed by atoms with E-state index in [2.05, 4.69) is 6.07 Å². The van der Waals surface area contributed by atoms with Crippen LogP contribution in [0.5, 0.6) is 0 Å². The molecule has 0 bridgehead atoms. The molecule has 0 aliphatic carbocycles. The molecule has 0 atom stereocenters. The predicted molar refractivity (Wildman–Crippen MR) is 95.5 cm³/mol. The number of hydrogen-bond donors (Lipinski definition) is 0. The van der Waals surface area contributed by atoms with E-state index >= 15 is 0 Å². The Kier molecular flexibility index (Phi) is 4.47. The summed E-state index contributed by atoms with van der Waals surface area (Å²) in [6, 6.07) is 17.3. The second-order valence-corrected chi connectivity index (χ2v) is 6.13. The minimum Gasteiger partial charge on any atom is -0.296 e. The van der Waals surface area contributed by atoms with Crippen molar-refractivity contribution in [2.24, 2.45) is 0 Å². The molecule has 3 rings (SSSR count). The maximum atomic E-state index is 12.7. The van der Waals surface area contributed by atoms with Crippen molar-refractivity contribution in [2.45, 2.75) is 26.9 Å². The quantitative estimate of drug-likeness (QED) is 0.742. The summed E-state index contributed by atoms with van der Waals surface area (Å²) in [7, 11) is 0. The average molecular weight is 320 g/mol. The summed E-state index contributed by atoms with van der Waals surface area (Å²) >= 11 is 0. The highest BCUT2D eigenvalue weighted by molar-refractivity contribution is 5.28. The van der Waals surface area contributed by atoms with Crippen LogP contribution in [0.25, 0.3) is 0 Å². The van der Waals surface area contributed by atoms with Crippen molar-refractivity contribution >= 4 is 0 Å². The molecule has 4 heteroatoms. The highest BCUT2D eigenvalue weighted by Gasteiger charge is 2.07. The maximum absolute atomic E-state index is 12.7. The summed E-state index contributed by atoms with van der Waals surface area (Å²) in [4.78, 5) is 24.9. The summed E-state index contributed by atoms with van der Waals surface area (Å²) < 4.78 is 2.86.